The second kappa shape index (κ2) is 10.7. The summed E-state index contributed by atoms with van der Waals surface area (Å²) in [7, 11) is 0. The predicted octanol–water partition coefficient (Wildman–Crippen LogP) is 7.18. The molecule has 8 heteroatoms. The average molecular weight is 464 g/mol. The highest BCUT2D eigenvalue weighted by molar-refractivity contribution is 6.33. The fourth-order valence-corrected chi connectivity index (χ4v) is 3.29. The van der Waals surface area contributed by atoms with Gasteiger partial charge in [-0.05, 0) is 67.1 Å². The Kier molecular flexibility index (Phi) is 7.96. The van der Waals surface area contributed by atoms with Crippen LogP contribution in [0.5, 0.6) is 11.5 Å². The second-order valence-corrected chi connectivity index (χ2v) is 8.24. The van der Waals surface area contributed by atoms with Gasteiger partial charge in [-0.15, -0.1) is 0 Å². The van der Waals surface area contributed by atoms with Crippen LogP contribution in [0, 0.1) is 5.92 Å². The van der Waals surface area contributed by atoms with Crippen molar-refractivity contribution in [1.29, 1.82) is 0 Å². The molecular formula is C24H25ClF3N3O. The van der Waals surface area contributed by atoms with Gasteiger partial charge in [0.05, 0.1) is 11.3 Å². The van der Waals surface area contributed by atoms with Gasteiger partial charge in [0.15, 0.2) is 0 Å². The maximum Gasteiger partial charge on any atom is 0.416 e. The van der Waals surface area contributed by atoms with Crippen molar-refractivity contribution in [1.82, 2.24) is 9.97 Å². The number of nitrogens with zero attached hydrogens (tertiary/aromatic N) is 2. The Labute approximate surface area is 190 Å². The summed E-state index contributed by atoms with van der Waals surface area (Å²) in [6.45, 7) is 4.96. The van der Waals surface area contributed by atoms with E-state index in [1.54, 1.807) is 12.1 Å². The van der Waals surface area contributed by atoms with E-state index in [2.05, 4.69) is 29.1 Å². The van der Waals surface area contributed by atoms with Gasteiger partial charge < -0.3 is 10.1 Å². The molecule has 1 heterocycles. The second-order valence-electron chi connectivity index (χ2n) is 7.86. The first-order valence-corrected chi connectivity index (χ1v) is 10.8. The van der Waals surface area contributed by atoms with E-state index in [-0.39, 0.29) is 0 Å². The molecule has 3 rings (SSSR count). The van der Waals surface area contributed by atoms with E-state index in [9.17, 15) is 13.2 Å². The van der Waals surface area contributed by atoms with Crippen LogP contribution < -0.4 is 10.1 Å². The van der Waals surface area contributed by atoms with Crippen molar-refractivity contribution >= 4 is 17.4 Å². The van der Waals surface area contributed by atoms with E-state index in [1.807, 2.05) is 12.1 Å². The summed E-state index contributed by atoms with van der Waals surface area (Å²) in [5.41, 5.74) is 1.22. The summed E-state index contributed by atoms with van der Waals surface area (Å²) in [5.74, 6) is 2.10. The molecule has 1 N–H and O–H groups in total. The molecule has 32 heavy (non-hydrogen) atoms. The first-order chi connectivity index (χ1) is 15.2. The molecule has 3 aromatic rings. The number of hydrogen-bond acceptors (Lipinski definition) is 4. The lowest BCUT2D eigenvalue weighted by molar-refractivity contribution is -0.137. The minimum Gasteiger partial charge on any atom is -0.457 e. The summed E-state index contributed by atoms with van der Waals surface area (Å²) in [4.78, 5) is 8.52. The molecule has 0 fully saturated rings. The predicted molar refractivity (Wildman–Crippen MR) is 120 cm³/mol. The largest absolute Gasteiger partial charge is 0.457 e. The Bertz CT molecular complexity index is 1010. The standard InChI is InChI=1S/C24H25ClF3N3O/c1-16(2)3-12-21-22(25)23(31-15-30-21)29-14-13-17-4-8-19(9-5-17)32-20-10-6-18(7-11-20)24(26,27)28/h4-11,15-16H,3,12-14H2,1-2H3,(H,29,30,31). The van der Waals surface area contributed by atoms with Crippen LogP contribution in [0.4, 0.5) is 19.0 Å². The number of alkyl halides is 3. The zero-order valence-corrected chi connectivity index (χ0v) is 18.7. The topological polar surface area (TPSA) is 47.0 Å². The molecule has 0 unspecified atom stereocenters. The molecule has 0 aliphatic rings. The third-order valence-electron chi connectivity index (χ3n) is 4.87. The normalized spacial score (nSPS) is 11.6. The van der Waals surface area contributed by atoms with Gasteiger partial charge in [-0.1, -0.05) is 37.6 Å². The molecule has 0 bridgehead atoms. The molecule has 0 saturated heterocycles. The van der Waals surface area contributed by atoms with Crippen LogP contribution in [0.2, 0.25) is 5.02 Å². The molecule has 0 saturated carbocycles. The van der Waals surface area contributed by atoms with Gasteiger partial charge in [0.1, 0.15) is 28.7 Å². The lowest BCUT2D eigenvalue weighted by Gasteiger charge is -2.11. The number of anilines is 1. The maximum atomic E-state index is 12.6. The SMILES string of the molecule is CC(C)CCc1ncnc(NCCc2ccc(Oc3ccc(C(F)(F)F)cc3)cc2)c1Cl. The van der Waals surface area contributed by atoms with E-state index in [0.29, 0.717) is 34.8 Å². The maximum absolute atomic E-state index is 12.6. The highest BCUT2D eigenvalue weighted by Gasteiger charge is 2.30. The summed E-state index contributed by atoms with van der Waals surface area (Å²) in [6, 6.07) is 12.0. The molecule has 0 spiro atoms. The van der Waals surface area contributed by atoms with Crippen LogP contribution in [0.15, 0.2) is 54.9 Å². The van der Waals surface area contributed by atoms with Crippen molar-refractivity contribution in [3.63, 3.8) is 0 Å². The number of benzene rings is 2. The van der Waals surface area contributed by atoms with E-state index in [4.69, 9.17) is 16.3 Å². The number of hydrogen-bond donors (Lipinski definition) is 1. The third-order valence-corrected chi connectivity index (χ3v) is 5.26. The van der Waals surface area contributed by atoms with Crippen molar-refractivity contribution in [3.05, 3.63) is 76.7 Å². The van der Waals surface area contributed by atoms with Crippen LogP contribution in [-0.2, 0) is 19.0 Å². The quantitative estimate of drug-likeness (QED) is 0.365. The van der Waals surface area contributed by atoms with Gasteiger partial charge >= 0.3 is 6.18 Å². The van der Waals surface area contributed by atoms with Crippen LogP contribution in [0.25, 0.3) is 0 Å². The van der Waals surface area contributed by atoms with Gasteiger partial charge in [0.25, 0.3) is 0 Å². The Morgan fingerprint density at radius 2 is 1.56 bits per heavy atom. The third kappa shape index (κ3) is 6.85. The Morgan fingerprint density at radius 3 is 2.16 bits per heavy atom. The molecule has 170 valence electrons. The highest BCUT2D eigenvalue weighted by Crippen LogP contribution is 2.31. The molecule has 0 amide bonds. The summed E-state index contributed by atoms with van der Waals surface area (Å²) < 4.78 is 43.6. The van der Waals surface area contributed by atoms with Gasteiger partial charge in [0.2, 0.25) is 0 Å². The highest BCUT2D eigenvalue weighted by atomic mass is 35.5. The van der Waals surface area contributed by atoms with Gasteiger partial charge in [-0.2, -0.15) is 13.2 Å². The number of aromatic nitrogens is 2. The number of nitrogens with one attached hydrogen (secondary N) is 1. The van der Waals surface area contributed by atoms with Gasteiger partial charge in [-0.3, -0.25) is 0 Å². The Balaban J connectivity index is 1.52. The minimum atomic E-state index is -4.36. The van der Waals surface area contributed by atoms with Crippen molar-refractivity contribution in [2.75, 3.05) is 11.9 Å². The Hall–Kier alpha value is -2.80. The van der Waals surface area contributed by atoms with Gasteiger partial charge in [0, 0.05) is 6.54 Å². The number of aryl methyl sites for hydroxylation is 1. The fourth-order valence-electron chi connectivity index (χ4n) is 3.03. The molecule has 0 atom stereocenters. The lowest BCUT2D eigenvalue weighted by Crippen LogP contribution is -2.08. The monoisotopic (exact) mass is 463 g/mol. The van der Waals surface area contributed by atoms with E-state index < -0.39 is 11.7 Å². The first-order valence-electron chi connectivity index (χ1n) is 10.4. The smallest absolute Gasteiger partial charge is 0.416 e. The zero-order valence-electron chi connectivity index (χ0n) is 17.9. The van der Waals surface area contributed by atoms with Crippen LogP contribution in [-0.4, -0.2) is 16.5 Å². The van der Waals surface area contributed by atoms with Crippen LogP contribution in [0.1, 0.15) is 37.1 Å². The molecule has 0 aliphatic heterocycles. The van der Waals surface area contributed by atoms with E-state index in [0.717, 1.165) is 42.7 Å². The first kappa shape index (κ1) is 23.9. The van der Waals surface area contributed by atoms with Crippen LogP contribution in [0.3, 0.4) is 0 Å². The van der Waals surface area contributed by atoms with E-state index >= 15 is 0 Å². The molecule has 1 aromatic heterocycles. The fraction of sp³-hybridized carbons (Fsp3) is 0.333. The molecule has 2 aromatic carbocycles. The van der Waals surface area contributed by atoms with Crippen LogP contribution >= 0.6 is 11.6 Å². The minimum absolute atomic E-state index is 0.346. The van der Waals surface area contributed by atoms with Crippen molar-refractivity contribution in [3.8, 4) is 11.5 Å². The van der Waals surface area contributed by atoms with Crippen molar-refractivity contribution < 1.29 is 17.9 Å². The van der Waals surface area contributed by atoms with Gasteiger partial charge in [-0.25, -0.2) is 9.97 Å². The summed E-state index contributed by atoms with van der Waals surface area (Å²) in [5, 5.41) is 3.82. The Morgan fingerprint density at radius 1 is 0.938 bits per heavy atom. The summed E-state index contributed by atoms with van der Waals surface area (Å²) >= 11 is 6.44. The van der Waals surface area contributed by atoms with Crippen molar-refractivity contribution in [2.45, 2.75) is 39.3 Å². The molecule has 0 radical (unpaired) electrons. The average Bonchev–Trinajstić information content (AvgIpc) is 2.75. The lowest BCUT2D eigenvalue weighted by atomic mass is 10.1. The van der Waals surface area contributed by atoms with E-state index in [1.165, 1.54) is 18.5 Å². The number of rotatable bonds is 9. The molecule has 0 aliphatic carbocycles. The number of ether oxygens (including phenoxy) is 1. The summed E-state index contributed by atoms with van der Waals surface area (Å²) in [6.07, 6.45) is -0.273. The van der Waals surface area contributed by atoms with Crippen molar-refractivity contribution in [2.24, 2.45) is 5.92 Å². The zero-order chi connectivity index (χ0) is 23.1. The molecule has 4 nitrogen and oxygen atoms in total. The molecular weight excluding hydrogens is 439 g/mol. The number of halogens is 4.